The molecular weight excluding hydrogens is 242 g/mol. The van der Waals surface area contributed by atoms with Gasteiger partial charge in [-0.1, -0.05) is 49.8 Å². The van der Waals surface area contributed by atoms with Crippen molar-refractivity contribution in [2.75, 3.05) is 6.61 Å². The van der Waals surface area contributed by atoms with Crippen molar-refractivity contribution in [2.45, 2.75) is 20.5 Å². The van der Waals surface area contributed by atoms with Crippen LogP contribution in [0, 0.1) is 5.92 Å². The zero-order valence-electron chi connectivity index (χ0n) is 9.50. The Morgan fingerprint density at radius 1 is 1.50 bits per heavy atom. The van der Waals surface area contributed by atoms with Crippen molar-refractivity contribution >= 4 is 28.8 Å². The first kappa shape index (κ1) is 13.4. The third-order valence-electron chi connectivity index (χ3n) is 2.05. The molecule has 0 bridgehead atoms. The van der Waals surface area contributed by atoms with Crippen LogP contribution in [-0.2, 0) is 11.3 Å². The molecule has 0 radical (unpaired) electrons. The smallest absolute Gasteiger partial charge is 0.104 e. The summed E-state index contributed by atoms with van der Waals surface area (Å²) in [6.07, 6.45) is 0. The number of hydrogen-bond donors (Lipinski definition) is 1. The molecule has 0 aliphatic rings. The molecular formula is C12H16ClNOS. The highest BCUT2D eigenvalue weighted by Crippen LogP contribution is 2.19. The SMILES string of the molecule is CC(C)COCc1ccc(C(N)=S)cc1Cl. The Labute approximate surface area is 107 Å². The van der Waals surface area contributed by atoms with E-state index in [1.54, 1.807) is 6.07 Å². The summed E-state index contributed by atoms with van der Waals surface area (Å²) in [7, 11) is 0. The van der Waals surface area contributed by atoms with Crippen LogP contribution >= 0.6 is 23.8 Å². The van der Waals surface area contributed by atoms with E-state index in [4.69, 9.17) is 34.3 Å². The normalized spacial score (nSPS) is 10.8. The molecule has 0 aliphatic carbocycles. The number of thiocarbonyl (C=S) groups is 1. The Morgan fingerprint density at radius 3 is 2.69 bits per heavy atom. The van der Waals surface area contributed by atoms with E-state index in [2.05, 4.69) is 13.8 Å². The topological polar surface area (TPSA) is 35.2 Å². The highest BCUT2D eigenvalue weighted by atomic mass is 35.5. The number of nitrogens with two attached hydrogens (primary N) is 1. The van der Waals surface area contributed by atoms with E-state index in [9.17, 15) is 0 Å². The van der Waals surface area contributed by atoms with Crippen molar-refractivity contribution in [1.82, 2.24) is 0 Å². The van der Waals surface area contributed by atoms with Gasteiger partial charge < -0.3 is 10.5 Å². The first-order valence-corrected chi connectivity index (χ1v) is 5.95. The molecule has 0 heterocycles. The molecule has 2 N–H and O–H groups in total. The summed E-state index contributed by atoms with van der Waals surface area (Å²) in [5, 5.41) is 0.647. The van der Waals surface area contributed by atoms with Gasteiger partial charge in [-0.25, -0.2) is 0 Å². The van der Waals surface area contributed by atoms with Crippen LogP contribution in [0.2, 0.25) is 5.02 Å². The van der Waals surface area contributed by atoms with Gasteiger partial charge in [0.2, 0.25) is 0 Å². The van der Waals surface area contributed by atoms with Crippen LogP contribution in [-0.4, -0.2) is 11.6 Å². The van der Waals surface area contributed by atoms with Crippen molar-refractivity contribution in [3.05, 3.63) is 34.3 Å². The fourth-order valence-corrected chi connectivity index (χ4v) is 1.58. The van der Waals surface area contributed by atoms with Crippen molar-refractivity contribution in [2.24, 2.45) is 11.7 Å². The minimum Gasteiger partial charge on any atom is -0.389 e. The van der Waals surface area contributed by atoms with Gasteiger partial charge in [-0.2, -0.15) is 0 Å². The first-order valence-electron chi connectivity index (χ1n) is 5.16. The summed E-state index contributed by atoms with van der Waals surface area (Å²) in [5.41, 5.74) is 7.26. The summed E-state index contributed by atoms with van der Waals surface area (Å²) in [4.78, 5) is 0.358. The molecule has 1 rings (SSSR count). The number of benzene rings is 1. The lowest BCUT2D eigenvalue weighted by Gasteiger charge is -2.09. The Hall–Kier alpha value is -0.640. The van der Waals surface area contributed by atoms with E-state index in [0.29, 0.717) is 22.5 Å². The molecule has 4 heteroatoms. The zero-order chi connectivity index (χ0) is 12.1. The first-order chi connectivity index (χ1) is 7.50. The van der Waals surface area contributed by atoms with Crippen LogP contribution in [0.4, 0.5) is 0 Å². The van der Waals surface area contributed by atoms with E-state index in [-0.39, 0.29) is 0 Å². The number of hydrogen-bond acceptors (Lipinski definition) is 2. The summed E-state index contributed by atoms with van der Waals surface area (Å²) in [6.45, 7) is 5.47. The maximum absolute atomic E-state index is 6.09. The largest absolute Gasteiger partial charge is 0.389 e. The predicted molar refractivity (Wildman–Crippen MR) is 71.8 cm³/mol. The summed E-state index contributed by atoms with van der Waals surface area (Å²) < 4.78 is 5.51. The molecule has 0 fully saturated rings. The molecule has 1 aromatic rings. The molecule has 0 amide bonds. The number of ether oxygens (including phenoxy) is 1. The lowest BCUT2D eigenvalue weighted by molar-refractivity contribution is 0.0971. The van der Waals surface area contributed by atoms with Gasteiger partial charge in [0.1, 0.15) is 4.99 Å². The van der Waals surface area contributed by atoms with Crippen molar-refractivity contribution in [3.8, 4) is 0 Å². The van der Waals surface area contributed by atoms with Crippen LogP contribution in [0.25, 0.3) is 0 Å². The van der Waals surface area contributed by atoms with E-state index in [1.807, 2.05) is 12.1 Å². The second-order valence-corrected chi connectivity index (χ2v) is 4.93. The van der Waals surface area contributed by atoms with Gasteiger partial charge in [0.25, 0.3) is 0 Å². The van der Waals surface area contributed by atoms with Crippen molar-refractivity contribution in [3.63, 3.8) is 0 Å². The Bertz CT molecular complexity index is 379. The maximum Gasteiger partial charge on any atom is 0.104 e. The van der Waals surface area contributed by atoms with E-state index in [1.165, 1.54) is 0 Å². The van der Waals surface area contributed by atoms with Crippen LogP contribution in [0.15, 0.2) is 18.2 Å². The van der Waals surface area contributed by atoms with Crippen LogP contribution in [0.3, 0.4) is 0 Å². The second kappa shape index (κ2) is 6.18. The third kappa shape index (κ3) is 4.08. The van der Waals surface area contributed by atoms with Crippen molar-refractivity contribution in [1.29, 1.82) is 0 Å². The summed E-state index contributed by atoms with van der Waals surface area (Å²) >= 11 is 11.0. The lowest BCUT2D eigenvalue weighted by Crippen LogP contribution is -2.09. The minimum atomic E-state index is 0.358. The molecule has 1 aromatic carbocycles. The highest BCUT2D eigenvalue weighted by Gasteiger charge is 2.04. The van der Waals surface area contributed by atoms with E-state index >= 15 is 0 Å². The van der Waals surface area contributed by atoms with Crippen LogP contribution in [0.5, 0.6) is 0 Å². The third-order valence-corrected chi connectivity index (χ3v) is 2.63. The average molecular weight is 258 g/mol. The average Bonchev–Trinajstić information content (AvgIpc) is 2.19. The maximum atomic E-state index is 6.09. The van der Waals surface area contributed by atoms with Gasteiger partial charge in [0, 0.05) is 17.2 Å². The van der Waals surface area contributed by atoms with Gasteiger partial charge in [-0.15, -0.1) is 0 Å². The van der Waals surface area contributed by atoms with E-state index < -0.39 is 0 Å². The summed E-state index contributed by atoms with van der Waals surface area (Å²) in [6, 6.07) is 5.54. The van der Waals surface area contributed by atoms with Gasteiger partial charge in [0.15, 0.2) is 0 Å². The molecule has 16 heavy (non-hydrogen) atoms. The summed E-state index contributed by atoms with van der Waals surface area (Å²) in [5.74, 6) is 0.523. The van der Waals surface area contributed by atoms with Gasteiger partial charge in [-0.3, -0.25) is 0 Å². The Kier molecular flexibility index (Phi) is 5.19. The van der Waals surface area contributed by atoms with Gasteiger partial charge in [-0.05, 0) is 17.5 Å². The van der Waals surface area contributed by atoms with Crippen molar-refractivity contribution < 1.29 is 4.74 Å². The van der Waals surface area contributed by atoms with Gasteiger partial charge >= 0.3 is 0 Å². The fourth-order valence-electron chi connectivity index (χ4n) is 1.22. The molecule has 0 unspecified atom stereocenters. The molecule has 0 aromatic heterocycles. The molecule has 0 saturated carbocycles. The second-order valence-electron chi connectivity index (χ2n) is 4.08. The van der Waals surface area contributed by atoms with Gasteiger partial charge in [0.05, 0.1) is 6.61 Å². The monoisotopic (exact) mass is 257 g/mol. The van der Waals surface area contributed by atoms with Crippen LogP contribution < -0.4 is 5.73 Å². The van der Waals surface area contributed by atoms with Crippen LogP contribution in [0.1, 0.15) is 25.0 Å². The number of halogens is 1. The zero-order valence-corrected chi connectivity index (χ0v) is 11.1. The Morgan fingerprint density at radius 2 is 2.19 bits per heavy atom. The molecule has 88 valence electrons. The molecule has 0 atom stereocenters. The number of rotatable bonds is 5. The highest BCUT2D eigenvalue weighted by molar-refractivity contribution is 7.80. The Balaban J connectivity index is 2.64. The lowest BCUT2D eigenvalue weighted by atomic mass is 10.1. The quantitative estimate of drug-likeness (QED) is 0.823. The van der Waals surface area contributed by atoms with E-state index in [0.717, 1.165) is 17.7 Å². The molecule has 2 nitrogen and oxygen atoms in total. The standard InChI is InChI=1S/C12H16ClNOS/c1-8(2)6-15-7-10-4-3-9(12(14)16)5-11(10)13/h3-5,8H,6-7H2,1-2H3,(H2,14,16). The fraction of sp³-hybridized carbons (Fsp3) is 0.417. The molecule has 0 spiro atoms. The predicted octanol–water partition coefficient (Wildman–Crippen LogP) is 3.15. The minimum absolute atomic E-state index is 0.358. The molecule has 0 aliphatic heterocycles. The molecule has 0 saturated heterocycles.